The molecule has 0 atom stereocenters. The molecular weight excluding hydrogens is 598 g/mol. The Kier molecular flexibility index (Phi) is 9.46. The van der Waals surface area contributed by atoms with Crippen LogP contribution < -0.4 is 9.62 Å². The Hall–Kier alpha value is -4.47. The molecule has 226 valence electrons. The third-order valence-corrected chi connectivity index (χ3v) is 9.21. The van der Waals surface area contributed by atoms with Crippen molar-refractivity contribution in [2.24, 2.45) is 0 Å². The van der Waals surface area contributed by atoms with Gasteiger partial charge in [0.15, 0.2) is 0 Å². The van der Waals surface area contributed by atoms with Gasteiger partial charge in [-0.25, -0.2) is 22.8 Å². The van der Waals surface area contributed by atoms with Crippen molar-refractivity contribution in [1.82, 2.24) is 9.62 Å². The second kappa shape index (κ2) is 13.4. The molecule has 0 saturated heterocycles. The fourth-order valence-corrected chi connectivity index (χ4v) is 6.62. The lowest BCUT2D eigenvalue weighted by atomic mass is 10.0. The van der Waals surface area contributed by atoms with Gasteiger partial charge in [-0.05, 0) is 53.8 Å². The van der Waals surface area contributed by atoms with E-state index in [-0.39, 0.29) is 40.4 Å². The fourth-order valence-electron chi connectivity index (χ4n) is 5.20. The Morgan fingerprint density at radius 2 is 1.57 bits per heavy atom. The van der Waals surface area contributed by atoms with Gasteiger partial charge in [0.2, 0.25) is 5.91 Å². The van der Waals surface area contributed by atoms with E-state index in [4.69, 9.17) is 11.6 Å². The molecule has 1 aliphatic heterocycles. The Labute approximate surface area is 262 Å². The zero-order valence-corrected chi connectivity index (χ0v) is 25.8. The van der Waals surface area contributed by atoms with Crippen molar-refractivity contribution in [1.29, 1.82) is 0 Å². The van der Waals surface area contributed by atoms with Crippen LogP contribution in [-0.4, -0.2) is 37.7 Å². The number of anilines is 1. The van der Waals surface area contributed by atoms with E-state index in [1.54, 1.807) is 53.4 Å². The van der Waals surface area contributed by atoms with Crippen LogP contribution in [0.25, 0.3) is 11.1 Å². The van der Waals surface area contributed by atoms with Crippen LogP contribution in [0.2, 0.25) is 5.02 Å². The number of benzene rings is 4. The highest BCUT2D eigenvalue weighted by atomic mass is 35.5. The summed E-state index contributed by atoms with van der Waals surface area (Å²) in [4.78, 5) is 42.3. The highest BCUT2D eigenvalue weighted by Crippen LogP contribution is 2.30. The molecule has 0 unspecified atom stereocenters. The molecule has 0 spiro atoms. The van der Waals surface area contributed by atoms with Crippen molar-refractivity contribution in [3.63, 3.8) is 0 Å². The summed E-state index contributed by atoms with van der Waals surface area (Å²) in [6.45, 7) is 2.80. The van der Waals surface area contributed by atoms with Gasteiger partial charge in [-0.3, -0.25) is 9.59 Å². The predicted octanol–water partition coefficient (Wildman–Crippen LogP) is 6.83. The minimum atomic E-state index is -4.24. The number of carbonyl (C=O) groups is 3. The minimum Gasteiger partial charge on any atom is -0.320 e. The van der Waals surface area contributed by atoms with Gasteiger partial charge in [0.1, 0.15) is 0 Å². The number of nitrogens with one attached hydrogen (secondary N) is 1. The molecule has 5 rings (SSSR count). The minimum absolute atomic E-state index is 0.0523. The number of hydrogen-bond acceptors (Lipinski definition) is 5. The van der Waals surface area contributed by atoms with Crippen LogP contribution in [-0.2, 0) is 27.8 Å². The number of unbranched alkanes of at least 4 members (excludes halogenated alkanes) is 1. The van der Waals surface area contributed by atoms with E-state index in [1.807, 2.05) is 37.3 Å². The van der Waals surface area contributed by atoms with Gasteiger partial charge in [0.25, 0.3) is 15.9 Å². The number of halogens is 1. The van der Waals surface area contributed by atoms with E-state index in [9.17, 15) is 22.8 Å². The zero-order valence-electron chi connectivity index (χ0n) is 24.2. The van der Waals surface area contributed by atoms with Gasteiger partial charge in [0.05, 0.1) is 21.2 Å². The average molecular weight is 630 g/mol. The number of amides is 4. The lowest BCUT2D eigenvalue weighted by Gasteiger charge is -2.33. The molecule has 0 radical (unpaired) electrons. The van der Waals surface area contributed by atoms with E-state index >= 15 is 0 Å². The predicted molar refractivity (Wildman–Crippen MR) is 171 cm³/mol. The van der Waals surface area contributed by atoms with Crippen molar-refractivity contribution in [2.75, 3.05) is 11.4 Å². The first-order chi connectivity index (χ1) is 21.2. The normalized spacial score (nSPS) is 12.9. The summed E-state index contributed by atoms with van der Waals surface area (Å²) >= 11 is 6.09. The first-order valence-electron chi connectivity index (χ1n) is 14.4. The molecule has 4 amide bonds. The van der Waals surface area contributed by atoms with Crippen molar-refractivity contribution < 1.29 is 22.8 Å². The fraction of sp³-hybridized carbons (Fsp3) is 0.206. The van der Waals surface area contributed by atoms with Gasteiger partial charge < -0.3 is 4.90 Å². The van der Waals surface area contributed by atoms with Crippen LogP contribution >= 0.6 is 11.6 Å². The molecule has 4 aromatic rings. The number of sulfonamides is 1. The van der Waals surface area contributed by atoms with Crippen LogP contribution in [0.15, 0.2) is 102 Å². The SMILES string of the molecule is CCCCN(Cc1ccc(-c2ccccc2S(=O)(=O)NC(=O)c2ccccc2Cl)cc1)C(=O)N1C(=O)CCc2ccccc21. The summed E-state index contributed by atoms with van der Waals surface area (Å²) in [6.07, 6.45) is 2.54. The molecule has 1 aliphatic rings. The lowest BCUT2D eigenvalue weighted by molar-refractivity contribution is -0.118. The van der Waals surface area contributed by atoms with Crippen molar-refractivity contribution in [2.45, 2.75) is 44.0 Å². The van der Waals surface area contributed by atoms with E-state index < -0.39 is 15.9 Å². The average Bonchev–Trinajstić information content (AvgIpc) is 3.03. The molecule has 0 aliphatic carbocycles. The summed E-state index contributed by atoms with van der Waals surface area (Å²) in [6, 6.07) is 27.0. The third-order valence-electron chi connectivity index (χ3n) is 7.49. The number of imide groups is 1. The van der Waals surface area contributed by atoms with Gasteiger partial charge in [-0.2, -0.15) is 0 Å². The summed E-state index contributed by atoms with van der Waals surface area (Å²) in [5.41, 5.74) is 3.50. The van der Waals surface area contributed by atoms with Crippen molar-refractivity contribution in [3.05, 3.63) is 119 Å². The molecule has 1 N–H and O–H groups in total. The summed E-state index contributed by atoms with van der Waals surface area (Å²) in [5.74, 6) is -1.04. The molecular formula is C34H32ClN3O5S. The highest BCUT2D eigenvalue weighted by Gasteiger charge is 2.32. The van der Waals surface area contributed by atoms with Gasteiger partial charge in [0, 0.05) is 25.1 Å². The largest absolute Gasteiger partial charge is 0.331 e. The highest BCUT2D eigenvalue weighted by molar-refractivity contribution is 7.90. The maximum absolute atomic E-state index is 13.8. The molecule has 44 heavy (non-hydrogen) atoms. The van der Waals surface area contributed by atoms with E-state index in [2.05, 4.69) is 4.72 Å². The molecule has 0 saturated carbocycles. The number of aryl methyl sites for hydroxylation is 1. The quantitative estimate of drug-likeness (QED) is 0.219. The first-order valence-corrected chi connectivity index (χ1v) is 16.3. The van der Waals surface area contributed by atoms with Gasteiger partial charge in [-0.15, -0.1) is 0 Å². The number of para-hydroxylation sites is 1. The Balaban J connectivity index is 1.38. The number of fused-ring (bicyclic) bond motifs is 1. The molecule has 0 aromatic heterocycles. The van der Waals surface area contributed by atoms with Gasteiger partial charge in [-0.1, -0.05) is 97.7 Å². The van der Waals surface area contributed by atoms with Crippen LogP contribution in [0, 0.1) is 0 Å². The molecule has 4 aromatic carbocycles. The zero-order chi connectivity index (χ0) is 31.3. The topological polar surface area (TPSA) is 104 Å². The summed E-state index contributed by atoms with van der Waals surface area (Å²) in [5, 5.41) is 0.143. The summed E-state index contributed by atoms with van der Waals surface area (Å²) < 4.78 is 28.8. The molecule has 1 heterocycles. The lowest BCUT2D eigenvalue weighted by Crippen LogP contribution is -2.48. The molecule has 0 fully saturated rings. The monoisotopic (exact) mass is 629 g/mol. The standard InChI is InChI=1S/C34H32ClN3O5S/c1-2-3-22-37(34(41)38-30-14-8-4-10-26(30)20-21-32(38)39)23-24-16-18-25(19-17-24)27-11-6-9-15-31(27)44(42,43)36-33(40)28-12-5-7-13-29(28)35/h4-19H,2-3,20-23H2,1H3,(H,36,40). The number of urea groups is 1. The first kappa shape index (κ1) is 31.0. The molecule has 10 heteroatoms. The smallest absolute Gasteiger partial charge is 0.320 e. The molecule has 8 nitrogen and oxygen atoms in total. The van der Waals surface area contributed by atoms with E-state index in [0.29, 0.717) is 29.8 Å². The number of carbonyl (C=O) groups excluding carboxylic acids is 3. The van der Waals surface area contributed by atoms with Crippen LogP contribution in [0.5, 0.6) is 0 Å². The number of nitrogens with zero attached hydrogens (tertiary/aromatic N) is 2. The van der Waals surface area contributed by atoms with Gasteiger partial charge >= 0.3 is 6.03 Å². The molecule has 0 bridgehead atoms. The second-order valence-electron chi connectivity index (χ2n) is 10.5. The Morgan fingerprint density at radius 1 is 0.886 bits per heavy atom. The third kappa shape index (κ3) is 6.69. The van der Waals surface area contributed by atoms with E-state index in [1.165, 1.54) is 23.1 Å². The summed E-state index contributed by atoms with van der Waals surface area (Å²) in [7, 11) is -4.24. The maximum atomic E-state index is 13.8. The van der Waals surface area contributed by atoms with E-state index in [0.717, 1.165) is 24.0 Å². The number of rotatable bonds is 9. The van der Waals surface area contributed by atoms with Crippen LogP contribution in [0.4, 0.5) is 10.5 Å². The maximum Gasteiger partial charge on any atom is 0.331 e. The second-order valence-corrected chi connectivity index (χ2v) is 12.6. The Morgan fingerprint density at radius 3 is 2.32 bits per heavy atom. The van der Waals surface area contributed by atoms with Crippen molar-refractivity contribution in [3.8, 4) is 11.1 Å². The Bertz CT molecular complexity index is 1810. The van der Waals surface area contributed by atoms with Crippen LogP contribution in [0.3, 0.4) is 0 Å². The van der Waals surface area contributed by atoms with Crippen LogP contribution in [0.1, 0.15) is 47.7 Å². The van der Waals surface area contributed by atoms with Crippen molar-refractivity contribution >= 4 is 45.2 Å². The number of hydrogen-bond donors (Lipinski definition) is 1.